The maximum absolute atomic E-state index is 12.0. The molecule has 90 valence electrons. The van der Waals surface area contributed by atoms with Gasteiger partial charge in [0.2, 0.25) is 17.5 Å². The number of Topliss-reactive ketones (excluding diaryl/α,β-unsaturated/α-hetero) is 1. The zero-order chi connectivity index (χ0) is 12.4. The van der Waals surface area contributed by atoms with Crippen LogP contribution in [-0.2, 0) is 18.3 Å². The van der Waals surface area contributed by atoms with Crippen LogP contribution < -0.4 is 0 Å². The van der Waals surface area contributed by atoms with Gasteiger partial charge < -0.3 is 9.09 Å². The quantitative estimate of drug-likeness (QED) is 0.794. The third-order valence-electron chi connectivity index (χ3n) is 2.06. The van der Waals surface area contributed by atoms with E-state index in [1.807, 2.05) is 0 Å². The van der Waals surface area contributed by atoms with Crippen LogP contribution in [0.4, 0.5) is 8.78 Å². The second-order valence-corrected chi connectivity index (χ2v) is 3.32. The molecule has 2 heterocycles. The summed E-state index contributed by atoms with van der Waals surface area (Å²) in [6, 6.07) is 0. The fraction of sp³-hybridized carbons (Fsp3) is 0.333. The first kappa shape index (κ1) is 11.4. The monoisotopic (exact) mass is 242 g/mol. The second-order valence-electron chi connectivity index (χ2n) is 3.32. The fourth-order valence-electron chi connectivity index (χ4n) is 1.22. The number of nitrogens with zero attached hydrogens (tertiary/aromatic N) is 4. The molecule has 0 unspecified atom stereocenters. The summed E-state index contributed by atoms with van der Waals surface area (Å²) in [6.07, 6.45) is -0.390. The molecule has 6 nitrogen and oxygen atoms in total. The highest BCUT2D eigenvalue weighted by Gasteiger charge is 2.20. The number of ketones is 1. The van der Waals surface area contributed by atoms with Gasteiger partial charge in [0.1, 0.15) is 0 Å². The molecule has 0 aliphatic carbocycles. The molecule has 0 atom stereocenters. The molecule has 0 aliphatic rings. The van der Waals surface area contributed by atoms with Crippen molar-refractivity contribution in [2.24, 2.45) is 7.05 Å². The number of rotatable bonds is 4. The van der Waals surface area contributed by atoms with Crippen molar-refractivity contribution in [1.29, 1.82) is 0 Å². The smallest absolute Gasteiger partial charge is 0.296 e. The van der Waals surface area contributed by atoms with Crippen molar-refractivity contribution in [1.82, 2.24) is 19.7 Å². The van der Waals surface area contributed by atoms with E-state index in [9.17, 15) is 13.6 Å². The Balaban J connectivity index is 2.17. The van der Waals surface area contributed by atoms with Crippen LogP contribution in [0.1, 0.15) is 5.89 Å². The van der Waals surface area contributed by atoms with E-state index >= 15 is 0 Å². The van der Waals surface area contributed by atoms with Crippen molar-refractivity contribution in [3.8, 4) is 11.6 Å². The number of alkyl halides is 2. The van der Waals surface area contributed by atoms with Crippen LogP contribution in [0.15, 0.2) is 16.9 Å². The van der Waals surface area contributed by atoms with Crippen molar-refractivity contribution < 1.29 is 18.1 Å². The molecule has 17 heavy (non-hydrogen) atoms. The molecule has 2 rings (SSSR count). The lowest BCUT2D eigenvalue weighted by molar-refractivity contribution is -0.129. The molecule has 0 saturated carbocycles. The van der Waals surface area contributed by atoms with E-state index in [1.54, 1.807) is 17.8 Å². The molecular formula is C9H8F2N4O2. The molecule has 0 saturated heterocycles. The molecular weight excluding hydrogens is 234 g/mol. The molecule has 0 radical (unpaired) electrons. The Hall–Kier alpha value is -2.12. The molecule has 0 spiro atoms. The van der Waals surface area contributed by atoms with Crippen LogP contribution >= 0.6 is 0 Å². The van der Waals surface area contributed by atoms with Gasteiger partial charge in [-0.15, -0.1) is 0 Å². The maximum Gasteiger partial charge on any atom is 0.296 e. The number of halogens is 2. The zero-order valence-corrected chi connectivity index (χ0v) is 8.80. The van der Waals surface area contributed by atoms with E-state index < -0.39 is 18.6 Å². The van der Waals surface area contributed by atoms with Crippen LogP contribution in [0.5, 0.6) is 0 Å². The topological polar surface area (TPSA) is 73.8 Å². The first-order chi connectivity index (χ1) is 8.08. The summed E-state index contributed by atoms with van der Waals surface area (Å²) in [5.41, 5.74) is 0. The fourth-order valence-corrected chi connectivity index (χ4v) is 1.22. The highest BCUT2D eigenvalue weighted by molar-refractivity contribution is 5.82. The Bertz CT molecular complexity index is 535. The second kappa shape index (κ2) is 4.40. The van der Waals surface area contributed by atoms with Gasteiger partial charge in [-0.25, -0.2) is 13.8 Å². The van der Waals surface area contributed by atoms with Gasteiger partial charge in [0.05, 0.1) is 6.42 Å². The Labute approximate surface area is 94.3 Å². The summed E-state index contributed by atoms with van der Waals surface area (Å²) in [5, 5.41) is 3.57. The van der Waals surface area contributed by atoms with Crippen molar-refractivity contribution in [2.75, 3.05) is 0 Å². The van der Waals surface area contributed by atoms with Crippen molar-refractivity contribution in [3.05, 3.63) is 18.3 Å². The highest BCUT2D eigenvalue weighted by atomic mass is 19.3. The van der Waals surface area contributed by atoms with Crippen molar-refractivity contribution >= 4 is 5.78 Å². The number of carbonyl (C=O) groups excluding carboxylic acids is 1. The van der Waals surface area contributed by atoms with Gasteiger partial charge in [-0.2, -0.15) is 4.98 Å². The van der Waals surface area contributed by atoms with E-state index in [0.29, 0.717) is 5.82 Å². The minimum absolute atomic E-state index is 0.145. The molecule has 0 aromatic carbocycles. The molecule has 0 N–H and O–H groups in total. The van der Waals surface area contributed by atoms with Crippen LogP contribution in [0.2, 0.25) is 0 Å². The molecule has 8 heteroatoms. The number of aromatic nitrogens is 4. The van der Waals surface area contributed by atoms with E-state index in [2.05, 4.69) is 15.1 Å². The van der Waals surface area contributed by atoms with Crippen LogP contribution in [0.3, 0.4) is 0 Å². The van der Waals surface area contributed by atoms with Gasteiger partial charge in [0, 0.05) is 19.4 Å². The van der Waals surface area contributed by atoms with E-state index in [-0.39, 0.29) is 11.7 Å². The minimum Gasteiger partial charge on any atom is -0.338 e. The predicted octanol–water partition coefficient (Wildman–Crippen LogP) is 0.847. The zero-order valence-electron chi connectivity index (χ0n) is 8.80. The van der Waals surface area contributed by atoms with E-state index in [1.165, 1.54) is 6.20 Å². The van der Waals surface area contributed by atoms with Gasteiger partial charge in [0.15, 0.2) is 5.82 Å². The molecule has 0 fully saturated rings. The minimum atomic E-state index is -3.03. The molecule has 2 aromatic rings. The highest BCUT2D eigenvalue weighted by Crippen LogP contribution is 2.13. The Morgan fingerprint density at radius 3 is 2.94 bits per heavy atom. The Morgan fingerprint density at radius 2 is 2.35 bits per heavy atom. The largest absolute Gasteiger partial charge is 0.338 e. The summed E-state index contributed by atoms with van der Waals surface area (Å²) in [4.78, 5) is 18.6. The summed E-state index contributed by atoms with van der Waals surface area (Å²) >= 11 is 0. The number of hydrogen-bond acceptors (Lipinski definition) is 5. The SMILES string of the molecule is Cn1ccnc1-c1noc(CC(=O)C(F)F)n1. The van der Waals surface area contributed by atoms with Crippen LogP contribution in [-0.4, -0.2) is 31.9 Å². The lowest BCUT2D eigenvalue weighted by Gasteiger charge is -1.93. The van der Waals surface area contributed by atoms with E-state index in [4.69, 9.17) is 4.52 Å². The van der Waals surface area contributed by atoms with E-state index in [0.717, 1.165) is 0 Å². The third kappa shape index (κ3) is 2.35. The third-order valence-corrected chi connectivity index (χ3v) is 2.06. The first-order valence-electron chi connectivity index (χ1n) is 4.69. The van der Waals surface area contributed by atoms with Crippen LogP contribution in [0.25, 0.3) is 11.6 Å². The lowest BCUT2D eigenvalue weighted by Crippen LogP contribution is -2.12. The summed E-state index contributed by atoms with van der Waals surface area (Å²) in [7, 11) is 1.72. The normalized spacial score (nSPS) is 11.1. The van der Waals surface area contributed by atoms with Gasteiger partial charge in [-0.1, -0.05) is 5.16 Å². The standard InChI is InChI=1S/C9H8F2N4O2/c1-15-3-2-12-9(15)8-13-6(17-14-8)4-5(16)7(10)11/h2-3,7H,4H2,1H3. The number of aryl methyl sites for hydroxylation is 1. The van der Waals surface area contributed by atoms with Gasteiger partial charge in [-0.05, 0) is 0 Å². The Morgan fingerprint density at radius 1 is 1.59 bits per heavy atom. The maximum atomic E-state index is 12.0. The van der Waals surface area contributed by atoms with Gasteiger partial charge in [0.25, 0.3) is 6.43 Å². The molecule has 0 bridgehead atoms. The van der Waals surface area contributed by atoms with Crippen molar-refractivity contribution in [3.63, 3.8) is 0 Å². The van der Waals surface area contributed by atoms with Gasteiger partial charge in [-0.3, -0.25) is 4.79 Å². The molecule has 0 aliphatic heterocycles. The number of hydrogen-bond donors (Lipinski definition) is 0. The first-order valence-corrected chi connectivity index (χ1v) is 4.69. The van der Waals surface area contributed by atoms with Crippen LogP contribution in [0, 0.1) is 0 Å². The van der Waals surface area contributed by atoms with Gasteiger partial charge >= 0.3 is 0 Å². The summed E-state index contributed by atoms with van der Waals surface area (Å²) in [6.45, 7) is 0. The lowest BCUT2D eigenvalue weighted by atomic mass is 10.3. The average molecular weight is 242 g/mol. The number of carbonyl (C=O) groups is 1. The summed E-state index contributed by atoms with van der Waals surface area (Å²) in [5.74, 6) is -0.799. The summed E-state index contributed by atoms with van der Waals surface area (Å²) < 4.78 is 30.3. The predicted molar refractivity (Wildman–Crippen MR) is 51.2 cm³/mol. The number of imidazole rings is 1. The Kier molecular flexibility index (Phi) is 2.94. The molecule has 2 aromatic heterocycles. The van der Waals surface area contributed by atoms with Crippen molar-refractivity contribution in [2.45, 2.75) is 12.8 Å². The average Bonchev–Trinajstić information content (AvgIpc) is 2.86. The molecule has 0 amide bonds.